The lowest BCUT2D eigenvalue weighted by Gasteiger charge is -2.32. The first-order valence-electron chi connectivity index (χ1n) is 21.6. The van der Waals surface area contributed by atoms with Gasteiger partial charge >= 0.3 is 0 Å². The zero-order chi connectivity index (χ0) is 42.5. The summed E-state index contributed by atoms with van der Waals surface area (Å²) in [5.41, 5.74) is 3.61. The Bertz CT molecular complexity index is 1590. The largest absolute Gasteiger partial charge is 0.314 e. The number of aryl methyl sites for hydroxylation is 1. The van der Waals surface area contributed by atoms with Gasteiger partial charge in [-0.15, -0.1) is 0 Å². The normalized spacial score (nSPS) is 21.1. The molecule has 6 rings (SSSR count). The minimum atomic E-state index is -4.20. The van der Waals surface area contributed by atoms with Crippen LogP contribution >= 0.6 is 0 Å². The summed E-state index contributed by atoms with van der Waals surface area (Å²) in [7, 11) is -7.15. The fourth-order valence-electron chi connectivity index (χ4n) is 5.12. The Morgan fingerprint density at radius 3 is 1.58 bits per heavy atom. The van der Waals surface area contributed by atoms with E-state index in [0.717, 1.165) is 44.8 Å². The van der Waals surface area contributed by atoms with Crippen LogP contribution in [-0.2, 0) is 27.4 Å². The number of piperidine rings is 1. The first kappa shape index (κ1) is 29.1. The molecule has 0 unspecified atom stereocenters. The molecule has 3 aromatic rings. The molecule has 0 saturated carbocycles. The summed E-state index contributed by atoms with van der Waals surface area (Å²) in [5, 5.41) is 3.10. The molecule has 1 N–H and O–H groups in total. The molecule has 268 valence electrons. The second-order valence-corrected chi connectivity index (χ2v) is 13.2. The first-order chi connectivity index (χ1) is 26.8. The third kappa shape index (κ3) is 17.7. The third-order valence-corrected chi connectivity index (χ3v) is 8.92. The lowest BCUT2D eigenvalue weighted by Crippen LogP contribution is -2.43. The number of nitrogens with one attached hydrogen (secondary N) is 1. The maximum Gasteiger partial charge on any atom is 0.296 e. The van der Waals surface area contributed by atoms with Gasteiger partial charge in [-0.3, -0.25) is 14.0 Å². The van der Waals surface area contributed by atoms with E-state index in [9.17, 15) is 8.42 Å². The average Bonchev–Trinajstić information content (AvgIpc) is 3.17. The highest BCUT2D eigenvalue weighted by Gasteiger charge is 2.13. The van der Waals surface area contributed by atoms with E-state index >= 15 is 0 Å². The summed E-state index contributed by atoms with van der Waals surface area (Å²) in [6.45, 7) is 12.4. The van der Waals surface area contributed by atoms with E-state index in [0.29, 0.717) is 26.2 Å². The van der Waals surface area contributed by atoms with Crippen LogP contribution < -0.4 is 5.32 Å². The van der Waals surface area contributed by atoms with Crippen LogP contribution in [0, 0.1) is 6.92 Å². The summed E-state index contributed by atoms with van der Waals surface area (Å²) in [6, 6.07) is 26.8. The molecule has 3 aromatic carbocycles. The molecule has 0 radical (unpaired) electrons. The Morgan fingerprint density at radius 2 is 1.12 bits per heavy atom. The van der Waals surface area contributed by atoms with Crippen molar-refractivity contribution in [3.63, 3.8) is 0 Å². The smallest absolute Gasteiger partial charge is 0.296 e. The van der Waals surface area contributed by atoms with Gasteiger partial charge < -0.3 is 15.1 Å². The van der Waals surface area contributed by atoms with Gasteiger partial charge in [0, 0.05) is 73.7 Å². The highest BCUT2D eigenvalue weighted by atomic mass is 32.2. The van der Waals surface area contributed by atoms with Gasteiger partial charge in [-0.1, -0.05) is 98.6 Å². The van der Waals surface area contributed by atoms with Crippen molar-refractivity contribution < 1.29 is 24.9 Å². The Labute approximate surface area is 305 Å². The van der Waals surface area contributed by atoms with Crippen LogP contribution in [0.2, 0.25) is 0 Å². The zero-order valence-electron chi connectivity index (χ0n) is 38.1. The van der Waals surface area contributed by atoms with Crippen LogP contribution in [0.1, 0.15) is 62.1 Å². The van der Waals surface area contributed by atoms with E-state index < -0.39 is 31.1 Å². The summed E-state index contributed by atoms with van der Waals surface area (Å²) in [5.74, 6) is 0. The summed E-state index contributed by atoms with van der Waals surface area (Å²) in [6.07, 6.45) is 4.19. The zero-order valence-corrected chi connectivity index (χ0v) is 29.9. The predicted octanol–water partition coefficient (Wildman–Crippen LogP) is 5.98. The number of nitrogens with zero attached hydrogens (tertiary/aromatic N) is 4. The van der Waals surface area contributed by atoms with Crippen LogP contribution in [0.25, 0.3) is 0 Å². The van der Waals surface area contributed by atoms with Crippen molar-refractivity contribution in [1.82, 2.24) is 24.9 Å². The van der Waals surface area contributed by atoms with E-state index in [2.05, 4.69) is 61.8 Å². The van der Waals surface area contributed by atoms with Crippen LogP contribution in [-0.4, -0.2) is 114 Å². The minimum absolute atomic E-state index is 0.163. The van der Waals surface area contributed by atoms with Gasteiger partial charge in [-0.25, -0.2) is 0 Å². The number of rotatable bonds is 6. The van der Waals surface area contributed by atoms with Gasteiger partial charge in [0.15, 0.2) is 0 Å². The number of likely N-dealkylation sites (tertiary alicyclic amines) is 1. The average molecular weight is 691 g/mol. The monoisotopic (exact) mass is 691 g/mol. The fourth-order valence-corrected chi connectivity index (χ4v) is 5.69. The van der Waals surface area contributed by atoms with Crippen LogP contribution in [0.5, 0.6) is 0 Å². The molecule has 3 heterocycles. The van der Waals surface area contributed by atoms with Crippen molar-refractivity contribution in [3.8, 4) is 0 Å². The molecule has 3 saturated heterocycles. The predicted molar refractivity (Wildman–Crippen MR) is 202 cm³/mol. The quantitative estimate of drug-likeness (QED) is 0.317. The van der Waals surface area contributed by atoms with E-state index in [1.54, 1.807) is 24.0 Å². The molecule has 0 aromatic heterocycles. The van der Waals surface area contributed by atoms with Gasteiger partial charge in [0.2, 0.25) is 0 Å². The van der Waals surface area contributed by atoms with E-state index in [4.69, 9.17) is 12.3 Å². The van der Waals surface area contributed by atoms with E-state index in [1.165, 1.54) is 60.5 Å². The molecule has 8 nitrogen and oxygen atoms in total. The summed E-state index contributed by atoms with van der Waals surface area (Å²) < 4.78 is 90.1. The Balaban J connectivity index is 0.000000262. The van der Waals surface area contributed by atoms with E-state index in [-0.39, 0.29) is 4.90 Å². The molecular formula is C39H63N5O3S. The highest BCUT2D eigenvalue weighted by Crippen LogP contribution is 2.13. The number of piperazine rings is 2. The maximum atomic E-state index is 11.4. The molecule has 0 amide bonds. The molecule has 0 aliphatic carbocycles. The van der Waals surface area contributed by atoms with Gasteiger partial charge in [0.25, 0.3) is 10.1 Å². The number of benzene rings is 3. The van der Waals surface area contributed by atoms with Crippen molar-refractivity contribution in [2.45, 2.75) is 58.0 Å². The molecule has 0 atom stereocenters. The minimum Gasteiger partial charge on any atom is -0.314 e. The fraction of sp³-hybridized carbons (Fsp3) is 0.538. The Hall–Kier alpha value is -2.63. The topological polar surface area (TPSA) is 68.4 Å². The van der Waals surface area contributed by atoms with Crippen LogP contribution in [0.4, 0.5) is 0 Å². The molecule has 0 spiro atoms. The third-order valence-electron chi connectivity index (χ3n) is 7.86. The second-order valence-electron chi connectivity index (χ2n) is 11.7. The van der Waals surface area contributed by atoms with Gasteiger partial charge in [-0.2, -0.15) is 8.42 Å². The summed E-state index contributed by atoms with van der Waals surface area (Å²) in [4.78, 5) is 7.79. The number of hydrogen-bond acceptors (Lipinski definition) is 8. The van der Waals surface area contributed by atoms with Crippen molar-refractivity contribution in [2.75, 3.05) is 86.4 Å². The molecule has 3 fully saturated rings. The summed E-state index contributed by atoms with van der Waals surface area (Å²) >= 11 is 0. The highest BCUT2D eigenvalue weighted by molar-refractivity contribution is 7.86. The second kappa shape index (κ2) is 24.5. The van der Waals surface area contributed by atoms with Crippen molar-refractivity contribution >= 4 is 10.1 Å². The molecule has 3 aliphatic heterocycles. The molecular weight excluding hydrogens is 619 g/mol. The number of hydrogen-bond donors (Lipinski definition) is 1. The van der Waals surface area contributed by atoms with Crippen molar-refractivity contribution in [3.05, 3.63) is 102 Å². The first-order valence-corrected chi connectivity index (χ1v) is 18.5. The van der Waals surface area contributed by atoms with Crippen molar-refractivity contribution in [1.29, 1.82) is 0 Å². The molecule has 9 heteroatoms. The van der Waals surface area contributed by atoms with Gasteiger partial charge in [0.05, 0.1) is 16.0 Å². The molecule has 0 bridgehead atoms. The Kier molecular flexibility index (Phi) is 14.9. The molecule has 48 heavy (non-hydrogen) atoms. The SMILES string of the molecule is CC.[2H]C([2H])([2H])N1CCN(Cc2ccccc2)CC1.[2H]C([2H])([2H])N1CCNCC1.[2H]C([2H])([2H])OS(=O)(=O)c1ccc(C)cc1.c1ccc(CN2CCCCC2)cc1. The van der Waals surface area contributed by atoms with E-state index in [1.807, 2.05) is 32.0 Å². The lowest BCUT2D eigenvalue weighted by molar-refractivity contribution is 0.148. The number of likely N-dealkylation sites (N-methyl/N-ethyl adjacent to an activating group) is 2. The van der Waals surface area contributed by atoms with Gasteiger partial charge in [0.1, 0.15) is 0 Å². The van der Waals surface area contributed by atoms with Crippen LogP contribution in [0.3, 0.4) is 0 Å². The lowest BCUT2D eigenvalue weighted by atomic mass is 10.1. The molecule has 3 aliphatic rings. The van der Waals surface area contributed by atoms with Crippen LogP contribution in [0.15, 0.2) is 89.8 Å². The Morgan fingerprint density at radius 1 is 0.646 bits per heavy atom. The standard InChI is InChI=1S/C12H18N2.C12H17N.C8H10O3S.C5H12N2.C2H6/c1-13-7-9-14(10-8-13)11-12-5-3-2-4-6-12;1-3-7-12(8-4-1)11-13-9-5-2-6-10-13;1-7-3-5-8(6-4-7)12(9,10)11-2;1-7-4-2-6-3-5-7;1-2/h2-6H,7-11H2,1H3;1,3-4,7-8H,2,5-6,9-11H2;3-6H,1-2H3;6H,2-5H2,1H3;1-2H3/i1D3;;2D3;1D3;. The maximum absolute atomic E-state index is 11.4. The van der Waals surface area contributed by atoms with Gasteiger partial charge in [-0.05, 0) is 70.1 Å². The van der Waals surface area contributed by atoms with Crippen molar-refractivity contribution in [2.24, 2.45) is 0 Å².